The van der Waals surface area contributed by atoms with Crippen molar-refractivity contribution in [2.45, 2.75) is 18.5 Å². The Balaban J connectivity index is 1.86. The van der Waals surface area contributed by atoms with Crippen molar-refractivity contribution in [3.63, 3.8) is 0 Å². The Labute approximate surface area is 71.9 Å². The number of nitrogens with one attached hydrogen (secondary N) is 1. The van der Waals surface area contributed by atoms with Gasteiger partial charge in [-0.15, -0.1) is 0 Å². The van der Waals surface area contributed by atoms with Crippen LogP contribution in [0.25, 0.3) is 0 Å². The van der Waals surface area contributed by atoms with E-state index in [2.05, 4.69) is 5.32 Å². The molecular weight excluding hydrogens is 146 g/mol. The molecule has 10 unspecified atom stereocenters. The summed E-state index contributed by atoms with van der Waals surface area (Å²) in [4.78, 5) is 0. The molecule has 62 valence electrons. The van der Waals surface area contributed by atoms with Gasteiger partial charge in [0.05, 0.1) is 0 Å². The van der Waals surface area contributed by atoms with Crippen LogP contribution in [0.3, 0.4) is 0 Å². The molecule has 0 aromatic heterocycles. The molecule has 7 rings (SSSR count). The van der Waals surface area contributed by atoms with Gasteiger partial charge in [0.2, 0.25) is 0 Å². The maximum absolute atomic E-state index is 3.93. The zero-order valence-corrected chi connectivity index (χ0v) is 6.98. The van der Waals surface area contributed by atoms with E-state index in [0.717, 1.165) is 12.1 Å². The molecule has 4 bridgehead atoms. The second-order valence-corrected chi connectivity index (χ2v) is 6.25. The highest BCUT2D eigenvalue weighted by molar-refractivity contribution is 5.37. The Hall–Kier alpha value is -0.0400. The van der Waals surface area contributed by atoms with Crippen LogP contribution in [-0.4, -0.2) is 12.1 Å². The van der Waals surface area contributed by atoms with Crippen LogP contribution in [-0.2, 0) is 0 Å². The molecule has 1 N–H and O–H groups in total. The third-order valence-corrected chi connectivity index (χ3v) is 6.79. The van der Waals surface area contributed by atoms with Gasteiger partial charge in [-0.25, -0.2) is 0 Å². The summed E-state index contributed by atoms with van der Waals surface area (Å²) in [7, 11) is 0. The first-order chi connectivity index (χ1) is 5.97. The molecule has 0 aromatic rings. The second-order valence-electron chi connectivity index (χ2n) is 6.25. The second kappa shape index (κ2) is 1.06. The largest absolute Gasteiger partial charge is 0.310 e. The van der Waals surface area contributed by atoms with E-state index in [9.17, 15) is 0 Å². The molecule has 2 heterocycles. The lowest BCUT2D eigenvalue weighted by Crippen LogP contribution is -2.43. The lowest BCUT2D eigenvalue weighted by Gasteiger charge is -2.43. The average Bonchev–Trinajstić information content (AvgIpc) is 2.51. The van der Waals surface area contributed by atoms with E-state index in [1.165, 1.54) is 47.3 Å². The standard InChI is InChI=1S/C11H13N/c1-2-4-5-3(1)7-6(2)10-8(4)9(5)11(7)12-10/h2-12H,1H2. The quantitative estimate of drug-likeness (QED) is 0.549. The molecule has 10 atom stereocenters. The Morgan fingerprint density at radius 2 is 1.25 bits per heavy atom. The summed E-state index contributed by atoms with van der Waals surface area (Å²) in [5.74, 6) is 9.68. The molecule has 5 saturated carbocycles. The Morgan fingerprint density at radius 1 is 0.667 bits per heavy atom. The molecule has 1 nitrogen and oxygen atoms in total. The van der Waals surface area contributed by atoms with Crippen molar-refractivity contribution < 1.29 is 0 Å². The fourth-order valence-corrected chi connectivity index (χ4v) is 7.20. The first-order valence-corrected chi connectivity index (χ1v) is 5.73. The number of hydrogen-bond donors (Lipinski definition) is 1. The number of hydrogen-bond acceptors (Lipinski definition) is 1. The highest BCUT2D eigenvalue weighted by Gasteiger charge is 2.86. The van der Waals surface area contributed by atoms with E-state index in [-0.39, 0.29) is 0 Å². The normalized spacial score (nSPS) is 94.0. The van der Waals surface area contributed by atoms with Crippen LogP contribution in [0.1, 0.15) is 6.42 Å². The molecule has 2 saturated heterocycles. The van der Waals surface area contributed by atoms with Crippen molar-refractivity contribution in [3.05, 3.63) is 0 Å². The van der Waals surface area contributed by atoms with Gasteiger partial charge in [-0.05, 0) is 53.8 Å². The van der Waals surface area contributed by atoms with Crippen LogP contribution >= 0.6 is 0 Å². The Morgan fingerprint density at radius 3 is 1.83 bits per heavy atom. The van der Waals surface area contributed by atoms with Gasteiger partial charge < -0.3 is 5.32 Å². The lowest BCUT2D eigenvalue weighted by molar-refractivity contribution is 0.0368. The molecule has 12 heavy (non-hydrogen) atoms. The maximum atomic E-state index is 3.93. The van der Waals surface area contributed by atoms with E-state index >= 15 is 0 Å². The van der Waals surface area contributed by atoms with Crippen molar-refractivity contribution in [3.8, 4) is 0 Å². The molecule has 7 aliphatic rings. The minimum Gasteiger partial charge on any atom is -0.310 e. The van der Waals surface area contributed by atoms with Crippen LogP contribution in [0, 0.1) is 47.3 Å². The first kappa shape index (κ1) is 4.99. The minimum absolute atomic E-state index is 1.03. The Kier molecular flexibility index (Phi) is 0.443. The zero-order chi connectivity index (χ0) is 7.19. The van der Waals surface area contributed by atoms with Crippen LogP contribution < -0.4 is 5.32 Å². The maximum Gasteiger partial charge on any atom is 0.0139 e. The molecule has 5 aliphatic carbocycles. The predicted octanol–water partition coefficient (Wildman–Crippen LogP) is 0.714. The monoisotopic (exact) mass is 159 g/mol. The van der Waals surface area contributed by atoms with Gasteiger partial charge in [-0.3, -0.25) is 0 Å². The topological polar surface area (TPSA) is 12.0 Å². The van der Waals surface area contributed by atoms with E-state index in [1.807, 2.05) is 0 Å². The SMILES string of the molecule is C1C2C3C4NC5C3C1C1C2C4C51. The van der Waals surface area contributed by atoms with Crippen LogP contribution in [0.15, 0.2) is 0 Å². The molecule has 0 spiro atoms. The molecule has 0 aromatic carbocycles. The van der Waals surface area contributed by atoms with E-state index in [0.29, 0.717) is 0 Å². The summed E-state index contributed by atoms with van der Waals surface area (Å²) in [5, 5.41) is 3.93. The van der Waals surface area contributed by atoms with Gasteiger partial charge in [0.15, 0.2) is 0 Å². The highest BCUT2D eigenvalue weighted by Crippen LogP contribution is 2.85. The van der Waals surface area contributed by atoms with Crippen LogP contribution in [0.5, 0.6) is 0 Å². The lowest BCUT2D eigenvalue weighted by atomic mass is 9.60. The van der Waals surface area contributed by atoms with Crippen molar-refractivity contribution in [1.82, 2.24) is 5.32 Å². The summed E-state index contributed by atoms with van der Waals surface area (Å²) >= 11 is 0. The van der Waals surface area contributed by atoms with Crippen molar-refractivity contribution in [2.75, 3.05) is 0 Å². The third kappa shape index (κ3) is 0.222. The van der Waals surface area contributed by atoms with Crippen molar-refractivity contribution >= 4 is 0 Å². The predicted molar refractivity (Wildman–Crippen MR) is 43.2 cm³/mol. The van der Waals surface area contributed by atoms with E-state index in [4.69, 9.17) is 0 Å². The van der Waals surface area contributed by atoms with Gasteiger partial charge >= 0.3 is 0 Å². The summed E-state index contributed by atoms with van der Waals surface area (Å²) in [6.07, 6.45) is 1.66. The van der Waals surface area contributed by atoms with Crippen LogP contribution in [0.2, 0.25) is 0 Å². The van der Waals surface area contributed by atoms with Crippen molar-refractivity contribution in [2.24, 2.45) is 47.3 Å². The zero-order valence-electron chi connectivity index (χ0n) is 6.98. The van der Waals surface area contributed by atoms with Gasteiger partial charge in [-0.2, -0.15) is 0 Å². The summed E-state index contributed by atoms with van der Waals surface area (Å²) in [6, 6.07) is 2.06. The van der Waals surface area contributed by atoms with Crippen LogP contribution in [0.4, 0.5) is 0 Å². The molecule has 0 radical (unpaired) electrons. The molecule has 0 amide bonds. The molecule has 7 fully saturated rings. The van der Waals surface area contributed by atoms with E-state index in [1.54, 1.807) is 6.42 Å². The highest BCUT2D eigenvalue weighted by atomic mass is 15.2. The smallest absolute Gasteiger partial charge is 0.0139 e. The summed E-state index contributed by atoms with van der Waals surface area (Å²) in [6.45, 7) is 0. The summed E-state index contributed by atoms with van der Waals surface area (Å²) < 4.78 is 0. The summed E-state index contributed by atoms with van der Waals surface area (Å²) in [5.41, 5.74) is 0. The number of rotatable bonds is 0. The average molecular weight is 159 g/mol. The van der Waals surface area contributed by atoms with Gasteiger partial charge in [0.1, 0.15) is 0 Å². The first-order valence-electron chi connectivity index (χ1n) is 5.73. The molecule has 2 aliphatic heterocycles. The minimum atomic E-state index is 1.03. The fourth-order valence-electron chi connectivity index (χ4n) is 7.20. The van der Waals surface area contributed by atoms with E-state index < -0.39 is 0 Å². The van der Waals surface area contributed by atoms with Gasteiger partial charge in [-0.1, -0.05) is 0 Å². The van der Waals surface area contributed by atoms with Gasteiger partial charge in [0, 0.05) is 12.1 Å². The van der Waals surface area contributed by atoms with Gasteiger partial charge in [0.25, 0.3) is 0 Å². The third-order valence-electron chi connectivity index (χ3n) is 6.79. The fraction of sp³-hybridized carbons (Fsp3) is 1.00. The molecule has 1 heteroatoms. The Bertz CT molecular complexity index is 246. The molecular formula is C11H13N. The van der Waals surface area contributed by atoms with Crippen molar-refractivity contribution in [1.29, 1.82) is 0 Å².